The third-order valence-corrected chi connectivity index (χ3v) is 4.15. The van der Waals surface area contributed by atoms with Crippen molar-refractivity contribution in [1.82, 2.24) is 0 Å². The molecular weight excluding hydrogens is 272 g/mol. The molecule has 114 valence electrons. The van der Waals surface area contributed by atoms with Gasteiger partial charge >= 0.3 is 0 Å². The monoisotopic (exact) mass is 294 g/mol. The van der Waals surface area contributed by atoms with Crippen molar-refractivity contribution in [2.45, 2.75) is 32.7 Å². The maximum Gasteiger partial charge on any atom is 0.249 e. The lowest BCUT2D eigenvalue weighted by Crippen LogP contribution is -2.44. The molecule has 0 fully saturated rings. The lowest BCUT2D eigenvalue weighted by molar-refractivity contribution is -0.119. The summed E-state index contributed by atoms with van der Waals surface area (Å²) in [6.45, 7) is 4.79. The number of nitrogens with zero attached hydrogens (tertiary/aromatic N) is 1. The van der Waals surface area contributed by atoms with Gasteiger partial charge in [0.1, 0.15) is 6.04 Å². The minimum absolute atomic E-state index is 0.133. The summed E-state index contributed by atoms with van der Waals surface area (Å²) >= 11 is 0. The maximum atomic E-state index is 12.8. The van der Waals surface area contributed by atoms with Crippen molar-refractivity contribution in [2.24, 2.45) is 0 Å². The summed E-state index contributed by atoms with van der Waals surface area (Å²) in [4.78, 5) is 14.7. The van der Waals surface area contributed by atoms with Crippen molar-refractivity contribution in [1.29, 1.82) is 0 Å². The van der Waals surface area contributed by atoms with Crippen molar-refractivity contribution < 1.29 is 4.79 Å². The Bertz CT molecular complexity index is 681. The van der Waals surface area contributed by atoms with Crippen LogP contribution >= 0.6 is 0 Å². The van der Waals surface area contributed by atoms with Gasteiger partial charge in [-0.15, -0.1) is 0 Å². The van der Waals surface area contributed by atoms with Crippen LogP contribution in [0.3, 0.4) is 0 Å². The number of aryl methyl sites for hydroxylation is 2. The van der Waals surface area contributed by atoms with Crippen LogP contribution in [0.25, 0.3) is 0 Å². The van der Waals surface area contributed by atoms with Gasteiger partial charge in [0.25, 0.3) is 0 Å². The van der Waals surface area contributed by atoms with Crippen molar-refractivity contribution in [2.75, 3.05) is 16.8 Å². The maximum absolute atomic E-state index is 12.8. The predicted octanol–water partition coefficient (Wildman–Crippen LogP) is 3.77. The standard InChI is InChI=1S/C19H22N2O/c1-14-7-5-10-17(13-14)20-15(2)19(22)21-12-6-9-16-8-3-4-11-18(16)21/h3-5,7-8,10-11,13,15,20H,6,9,12H2,1-2H3. The molecule has 1 N–H and O–H groups in total. The van der Waals surface area contributed by atoms with Crippen LogP contribution in [-0.4, -0.2) is 18.5 Å². The summed E-state index contributed by atoms with van der Waals surface area (Å²) in [6.07, 6.45) is 2.08. The summed E-state index contributed by atoms with van der Waals surface area (Å²) < 4.78 is 0. The van der Waals surface area contributed by atoms with E-state index in [9.17, 15) is 4.79 Å². The van der Waals surface area contributed by atoms with E-state index in [1.54, 1.807) is 0 Å². The molecule has 1 unspecified atom stereocenters. The zero-order valence-electron chi connectivity index (χ0n) is 13.2. The van der Waals surface area contributed by atoms with Gasteiger partial charge in [0.05, 0.1) is 0 Å². The van der Waals surface area contributed by atoms with E-state index >= 15 is 0 Å². The Morgan fingerprint density at radius 3 is 2.82 bits per heavy atom. The molecule has 0 spiro atoms. The van der Waals surface area contributed by atoms with Gasteiger partial charge in [0.2, 0.25) is 5.91 Å². The van der Waals surface area contributed by atoms with Gasteiger partial charge in [0.15, 0.2) is 0 Å². The van der Waals surface area contributed by atoms with Gasteiger partial charge in [-0.1, -0.05) is 30.3 Å². The first-order valence-electron chi connectivity index (χ1n) is 7.87. The van der Waals surface area contributed by atoms with Crippen LogP contribution in [0.4, 0.5) is 11.4 Å². The number of hydrogen-bond acceptors (Lipinski definition) is 2. The highest BCUT2D eigenvalue weighted by atomic mass is 16.2. The fourth-order valence-corrected chi connectivity index (χ4v) is 3.04. The number of hydrogen-bond donors (Lipinski definition) is 1. The second kappa shape index (κ2) is 6.22. The molecule has 0 radical (unpaired) electrons. The largest absolute Gasteiger partial charge is 0.374 e. The van der Waals surface area contributed by atoms with Crippen LogP contribution < -0.4 is 10.2 Å². The SMILES string of the molecule is Cc1cccc(NC(C)C(=O)N2CCCc3ccccc32)c1. The average Bonchev–Trinajstić information content (AvgIpc) is 2.53. The molecule has 3 rings (SSSR count). The van der Waals surface area contributed by atoms with Gasteiger partial charge < -0.3 is 10.2 Å². The highest BCUT2D eigenvalue weighted by Crippen LogP contribution is 2.27. The van der Waals surface area contributed by atoms with Crippen LogP contribution in [0, 0.1) is 6.92 Å². The number of amides is 1. The molecule has 1 aliphatic rings. The second-order valence-electron chi connectivity index (χ2n) is 5.96. The number of carbonyl (C=O) groups excluding carboxylic acids is 1. The Balaban J connectivity index is 1.77. The molecule has 0 aliphatic carbocycles. The normalized spacial score (nSPS) is 15.1. The fraction of sp³-hybridized carbons (Fsp3) is 0.316. The molecule has 0 aromatic heterocycles. The van der Waals surface area contributed by atoms with E-state index in [4.69, 9.17) is 0 Å². The number of benzene rings is 2. The smallest absolute Gasteiger partial charge is 0.249 e. The van der Waals surface area contributed by atoms with E-state index in [0.29, 0.717) is 0 Å². The molecule has 0 saturated carbocycles. The Labute approximate surface area is 132 Å². The van der Waals surface area contributed by atoms with Crippen molar-refractivity contribution >= 4 is 17.3 Å². The van der Waals surface area contributed by atoms with Gasteiger partial charge in [-0.05, 0) is 56.0 Å². The highest BCUT2D eigenvalue weighted by Gasteiger charge is 2.25. The summed E-state index contributed by atoms with van der Waals surface area (Å²) in [5.74, 6) is 0.133. The van der Waals surface area contributed by atoms with Crippen LogP contribution in [0.5, 0.6) is 0 Å². The Kier molecular flexibility index (Phi) is 4.14. The van der Waals surface area contributed by atoms with E-state index in [1.807, 2.05) is 42.2 Å². The van der Waals surface area contributed by atoms with Crippen molar-refractivity contribution in [3.8, 4) is 0 Å². The van der Waals surface area contributed by atoms with Gasteiger partial charge in [0, 0.05) is 17.9 Å². The summed E-state index contributed by atoms with van der Waals surface area (Å²) in [5, 5.41) is 3.32. The second-order valence-corrected chi connectivity index (χ2v) is 5.96. The van der Waals surface area contributed by atoms with Crippen LogP contribution in [-0.2, 0) is 11.2 Å². The summed E-state index contributed by atoms with van der Waals surface area (Å²) in [5.41, 5.74) is 4.51. The minimum Gasteiger partial charge on any atom is -0.374 e. The molecule has 1 atom stereocenters. The molecular formula is C19H22N2O. The summed E-state index contributed by atoms with van der Waals surface area (Å²) in [7, 11) is 0. The first-order valence-corrected chi connectivity index (χ1v) is 7.87. The molecule has 3 nitrogen and oxygen atoms in total. The zero-order chi connectivity index (χ0) is 15.5. The molecule has 22 heavy (non-hydrogen) atoms. The molecule has 0 saturated heterocycles. The fourth-order valence-electron chi connectivity index (χ4n) is 3.04. The number of para-hydroxylation sites is 1. The first-order chi connectivity index (χ1) is 10.6. The third kappa shape index (κ3) is 2.98. The van der Waals surface area contributed by atoms with E-state index in [2.05, 4.69) is 30.4 Å². The van der Waals surface area contributed by atoms with E-state index < -0.39 is 0 Å². The zero-order valence-corrected chi connectivity index (χ0v) is 13.2. The highest BCUT2D eigenvalue weighted by molar-refractivity contribution is 5.99. The molecule has 1 aliphatic heterocycles. The quantitative estimate of drug-likeness (QED) is 0.934. The average molecular weight is 294 g/mol. The number of fused-ring (bicyclic) bond motifs is 1. The lowest BCUT2D eigenvalue weighted by Gasteiger charge is -2.32. The first kappa shape index (κ1) is 14.6. The van der Waals surface area contributed by atoms with E-state index in [1.165, 1.54) is 11.1 Å². The molecule has 1 amide bonds. The third-order valence-electron chi connectivity index (χ3n) is 4.15. The van der Waals surface area contributed by atoms with Crippen LogP contribution in [0.2, 0.25) is 0 Å². The van der Waals surface area contributed by atoms with Crippen LogP contribution in [0.1, 0.15) is 24.5 Å². The Morgan fingerprint density at radius 1 is 1.18 bits per heavy atom. The van der Waals surface area contributed by atoms with E-state index in [0.717, 1.165) is 30.8 Å². The number of anilines is 2. The number of nitrogens with one attached hydrogen (secondary N) is 1. The van der Waals surface area contributed by atoms with Crippen LogP contribution in [0.15, 0.2) is 48.5 Å². The minimum atomic E-state index is -0.243. The predicted molar refractivity (Wildman–Crippen MR) is 91.4 cm³/mol. The number of carbonyl (C=O) groups is 1. The molecule has 2 aromatic carbocycles. The molecule has 1 heterocycles. The Morgan fingerprint density at radius 2 is 2.00 bits per heavy atom. The van der Waals surface area contributed by atoms with E-state index in [-0.39, 0.29) is 11.9 Å². The van der Waals surface area contributed by atoms with Gasteiger partial charge in [-0.3, -0.25) is 4.79 Å². The van der Waals surface area contributed by atoms with Crippen molar-refractivity contribution in [3.63, 3.8) is 0 Å². The summed E-state index contributed by atoms with van der Waals surface area (Å²) in [6, 6.07) is 16.1. The Hall–Kier alpha value is -2.29. The molecule has 0 bridgehead atoms. The molecule has 2 aromatic rings. The lowest BCUT2D eigenvalue weighted by atomic mass is 10.0. The van der Waals surface area contributed by atoms with Crippen molar-refractivity contribution in [3.05, 3.63) is 59.7 Å². The number of rotatable bonds is 3. The van der Waals surface area contributed by atoms with Gasteiger partial charge in [-0.2, -0.15) is 0 Å². The van der Waals surface area contributed by atoms with Gasteiger partial charge in [-0.25, -0.2) is 0 Å². The molecule has 3 heteroatoms. The topological polar surface area (TPSA) is 32.3 Å².